The fourth-order valence-corrected chi connectivity index (χ4v) is 2.22. The van der Waals surface area contributed by atoms with E-state index in [0.717, 1.165) is 0 Å². The van der Waals surface area contributed by atoms with Gasteiger partial charge in [-0.05, 0) is 24.7 Å². The molecule has 0 amide bonds. The molecule has 0 saturated heterocycles. The lowest BCUT2D eigenvalue weighted by Gasteiger charge is -2.24. The van der Waals surface area contributed by atoms with Gasteiger partial charge in [0.1, 0.15) is 0 Å². The second-order valence-electron chi connectivity index (χ2n) is 4.20. The van der Waals surface area contributed by atoms with Crippen LogP contribution < -0.4 is 5.73 Å². The number of hydrogen-bond acceptors (Lipinski definition) is 2. The average Bonchev–Trinajstić information content (AvgIpc) is 2.53. The van der Waals surface area contributed by atoms with Crippen molar-refractivity contribution in [3.63, 3.8) is 0 Å². The maximum absolute atomic E-state index is 10.5. The van der Waals surface area contributed by atoms with Gasteiger partial charge in [0.2, 0.25) is 0 Å². The van der Waals surface area contributed by atoms with Crippen molar-refractivity contribution in [1.82, 2.24) is 0 Å². The van der Waals surface area contributed by atoms with Gasteiger partial charge in [-0.1, -0.05) is 19.8 Å². The molecule has 76 valence electrons. The molecule has 0 radical (unpaired) electrons. The molecular formula is C10H19NO2. The lowest BCUT2D eigenvalue weighted by Crippen LogP contribution is -2.36. The number of aliphatic carboxylic acids is 1. The van der Waals surface area contributed by atoms with Gasteiger partial charge in [-0.3, -0.25) is 4.79 Å². The molecule has 3 nitrogen and oxygen atoms in total. The molecule has 0 aromatic heterocycles. The summed E-state index contributed by atoms with van der Waals surface area (Å²) in [5, 5.41) is 8.62. The van der Waals surface area contributed by atoms with E-state index in [1.165, 1.54) is 25.7 Å². The minimum absolute atomic E-state index is 0.0820. The molecule has 1 aliphatic rings. The van der Waals surface area contributed by atoms with E-state index in [9.17, 15) is 4.79 Å². The van der Waals surface area contributed by atoms with E-state index in [1.54, 1.807) is 0 Å². The first-order valence-corrected chi connectivity index (χ1v) is 5.08. The number of carboxylic acids is 1. The van der Waals surface area contributed by atoms with Crippen LogP contribution in [0.2, 0.25) is 0 Å². The second-order valence-corrected chi connectivity index (χ2v) is 4.20. The maximum atomic E-state index is 10.5. The lowest BCUT2D eigenvalue weighted by atomic mass is 9.87. The molecule has 13 heavy (non-hydrogen) atoms. The van der Waals surface area contributed by atoms with Gasteiger partial charge in [0, 0.05) is 12.5 Å². The first-order valence-electron chi connectivity index (χ1n) is 5.08. The highest BCUT2D eigenvalue weighted by Crippen LogP contribution is 2.30. The highest BCUT2D eigenvalue weighted by Gasteiger charge is 2.27. The first-order chi connectivity index (χ1) is 6.11. The van der Waals surface area contributed by atoms with Crippen molar-refractivity contribution >= 4 is 5.97 Å². The number of hydrogen-bond donors (Lipinski definition) is 2. The van der Waals surface area contributed by atoms with Crippen LogP contribution in [0.3, 0.4) is 0 Å². The molecule has 0 aliphatic heterocycles. The van der Waals surface area contributed by atoms with Crippen LogP contribution in [0.4, 0.5) is 0 Å². The van der Waals surface area contributed by atoms with Gasteiger partial charge in [0.25, 0.3) is 0 Å². The zero-order valence-electron chi connectivity index (χ0n) is 8.20. The monoisotopic (exact) mass is 185 g/mol. The lowest BCUT2D eigenvalue weighted by molar-refractivity contribution is -0.138. The van der Waals surface area contributed by atoms with E-state index in [2.05, 4.69) is 0 Å². The summed E-state index contributed by atoms with van der Waals surface area (Å²) in [5.74, 6) is -0.0594. The van der Waals surface area contributed by atoms with Gasteiger partial charge in [-0.2, -0.15) is 0 Å². The predicted octanol–water partition coefficient (Wildman–Crippen LogP) is 1.61. The topological polar surface area (TPSA) is 63.3 Å². The molecule has 0 aromatic carbocycles. The normalized spacial score (nSPS) is 22.9. The van der Waals surface area contributed by atoms with Crippen LogP contribution in [0.5, 0.6) is 0 Å². The Morgan fingerprint density at radius 3 is 2.54 bits per heavy atom. The van der Waals surface area contributed by atoms with Crippen molar-refractivity contribution in [1.29, 1.82) is 0 Å². The van der Waals surface area contributed by atoms with Gasteiger partial charge in [-0.25, -0.2) is 0 Å². The summed E-state index contributed by atoms with van der Waals surface area (Å²) in [6, 6.07) is 0.0820. The third-order valence-corrected chi connectivity index (χ3v) is 3.10. The summed E-state index contributed by atoms with van der Waals surface area (Å²) in [4.78, 5) is 10.5. The van der Waals surface area contributed by atoms with Gasteiger partial charge >= 0.3 is 5.97 Å². The third-order valence-electron chi connectivity index (χ3n) is 3.10. The second kappa shape index (κ2) is 4.61. The summed E-state index contributed by atoms with van der Waals surface area (Å²) in [7, 11) is 0. The van der Waals surface area contributed by atoms with Crippen molar-refractivity contribution < 1.29 is 9.90 Å². The fourth-order valence-electron chi connectivity index (χ4n) is 2.22. The SMILES string of the molecule is CC(CC(=O)O)C(N)C1CCCC1. The first kappa shape index (κ1) is 10.5. The summed E-state index contributed by atoms with van der Waals surface area (Å²) in [6.07, 6.45) is 5.10. The molecular weight excluding hydrogens is 166 g/mol. The highest BCUT2D eigenvalue weighted by atomic mass is 16.4. The summed E-state index contributed by atoms with van der Waals surface area (Å²) in [6.45, 7) is 1.94. The van der Waals surface area contributed by atoms with Crippen LogP contribution in [0.25, 0.3) is 0 Å². The number of rotatable bonds is 4. The molecule has 3 N–H and O–H groups in total. The molecule has 1 aliphatic carbocycles. The Bertz CT molecular complexity index is 176. The van der Waals surface area contributed by atoms with E-state index in [0.29, 0.717) is 5.92 Å². The number of nitrogens with two attached hydrogens (primary N) is 1. The molecule has 3 heteroatoms. The van der Waals surface area contributed by atoms with Crippen molar-refractivity contribution in [3.8, 4) is 0 Å². The summed E-state index contributed by atoms with van der Waals surface area (Å²) in [5.41, 5.74) is 6.01. The van der Waals surface area contributed by atoms with Crippen LogP contribution in [-0.2, 0) is 4.79 Å². The molecule has 0 heterocycles. The number of carboxylic acid groups (broad SMARTS) is 1. The van der Waals surface area contributed by atoms with Gasteiger partial charge in [0.05, 0.1) is 0 Å². The molecule has 0 bridgehead atoms. The Kier molecular flexibility index (Phi) is 3.72. The molecule has 1 saturated carbocycles. The van der Waals surface area contributed by atoms with Crippen molar-refractivity contribution in [2.45, 2.75) is 45.1 Å². The van der Waals surface area contributed by atoms with Gasteiger partial charge in [0.15, 0.2) is 0 Å². The molecule has 0 aromatic rings. The highest BCUT2D eigenvalue weighted by molar-refractivity contribution is 5.67. The summed E-state index contributed by atoms with van der Waals surface area (Å²) >= 11 is 0. The van der Waals surface area contributed by atoms with E-state index < -0.39 is 5.97 Å². The smallest absolute Gasteiger partial charge is 0.303 e. The Morgan fingerprint density at radius 1 is 1.54 bits per heavy atom. The van der Waals surface area contributed by atoms with Gasteiger partial charge < -0.3 is 10.8 Å². The quantitative estimate of drug-likeness (QED) is 0.699. The Labute approximate surface area is 79.3 Å². The molecule has 2 atom stereocenters. The van der Waals surface area contributed by atoms with Crippen molar-refractivity contribution in [2.75, 3.05) is 0 Å². The van der Waals surface area contributed by atoms with E-state index in [4.69, 9.17) is 10.8 Å². The fraction of sp³-hybridized carbons (Fsp3) is 0.900. The van der Waals surface area contributed by atoms with Crippen molar-refractivity contribution in [3.05, 3.63) is 0 Å². The average molecular weight is 185 g/mol. The molecule has 2 unspecified atom stereocenters. The molecule has 1 fully saturated rings. The van der Waals surface area contributed by atoms with E-state index in [1.807, 2.05) is 6.92 Å². The third kappa shape index (κ3) is 2.99. The van der Waals surface area contributed by atoms with E-state index >= 15 is 0 Å². The minimum atomic E-state index is -0.735. The maximum Gasteiger partial charge on any atom is 0.303 e. The zero-order chi connectivity index (χ0) is 9.84. The Hall–Kier alpha value is -0.570. The number of carbonyl (C=O) groups is 1. The molecule has 1 rings (SSSR count). The van der Waals surface area contributed by atoms with Crippen LogP contribution in [0, 0.1) is 11.8 Å². The van der Waals surface area contributed by atoms with Crippen LogP contribution in [0.1, 0.15) is 39.0 Å². The van der Waals surface area contributed by atoms with Gasteiger partial charge in [-0.15, -0.1) is 0 Å². The minimum Gasteiger partial charge on any atom is -0.481 e. The summed E-state index contributed by atoms with van der Waals surface area (Å²) < 4.78 is 0. The predicted molar refractivity (Wildman–Crippen MR) is 51.4 cm³/mol. The van der Waals surface area contributed by atoms with Crippen LogP contribution >= 0.6 is 0 Å². The zero-order valence-corrected chi connectivity index (χ0v) is 8.20. The van der Waals surface area contributed by atoms with Crippen LogP contribution in [0.15, 0.2) is 0 Å². The van der Waals surface area contributed by atoms with E-state index in [-0.39, 0.29) is 18.4 Å². The van der Waals surface area contributed by atoms with Crippen LogP contribution in [-0.4, -0.2) is 17.1 Å². The standard InChI is InChI=1S/C10H19NO2/c1-7(6-9(12)13)10(11)8-4-2-3-5-8/h7-8,10H,2-6,11H2,1H3,(H,12,13). The Morgan fingerprint density at radius 2 is 2.08 bits per heavy atom. The van der Waals surface area contributed by atoms with Crippen molar-refractivity contribution in [2.24, 2.45) is 17.6 Å². The molecule has 0 spiro atoms. The largest absolute Gasteiger partial charge is 0.481 e. The Balaban J connectivity index is 2.36.